The van der Waals surface area contributed by atoms with Crippen LogP contribution >= 0.6 is 15.9 Å². The summed E-state index contributed by atoms with van der Waals surface area (Å²) in [6.45, 7) is 7.69. The fourth-order valence-corrected chi connectivity index (χ4v) is 2.73. The van der Waals surface area contributed by atoms with E-state index in [1.165, 1.54) is 11.1 Å². The van der Waals surface area contributed by atoms with Crippen LogP contribution in [0.3, 0.4) is 0 Å². The number of piperazine rings is 1. The lowest BCUT2D eigenvalue weighted by atomic mass is 10.1. The molecule has 1 aliphatic heterocycles. The number of halogens is 1. The van der Waals surface area contributed by atoms with E-state index in [1.807, 2.05) is 0 Å². The van der Waals surface area contributed by atoms with Gasteiger partial charge in [-0.2, -0.15) is 0 Å². The lowest BCUT2D eigenvalue weighted by molar-refractivity contribution is -0.137. The fraction of sp³-hybridized carbons (Fsp3) is 0.533. The molecule has 0 unspecified atom stereocenters. The van der Waals surface area contributed by atoms with Gasteiger partial charge in [-0.15, -0.1) is 0 Å². The van der Waals surface area contributed by atoms with Gasteiger partial charge in [-0.25, -0.2) is 0 Å². The SMILES string of the molecule is Cc1cc(CN2CCN(CCC(=O)O)CC2)ccc1Br. The van der Waals surface area contributed by atoms with Crippen molar-refractivity contribution in [3.05, 3.63) is 33.8 Å². The molecule has 1 heterocycles. The first-order valence-corrected chi connectivity index (χ1v) is 7.75. The van der Waals surface area contributed by atoms with Crippen LogP contribution < -0.4 is 0 Å². The molecule has 1 aromatic carbocycles. The molecular formula is C15H21BrN2O2. The molecule has 110 valence electrons. The van der Waals surface area contributed by atoms with E-state index in [1.54, 1.807) is 0 Å². The predicted molar refractivity (Wildman–Crippen MR) is 82.8 cm³/mol. The van der Waals surface area contributed by atoms with E-state index in [0.29, 0.717) is 6.54 Å². The molecule has 0 bridgehead atoms. The zero-order valence-corrected chi connectivity index (χ0v) is 13.4. The van der Waals surface area contributed by atoms with Crippen LogP contribution in [0.5, 0.6) is 0 Å². The monoisotopic (exact) mass is 340 g/mol. The Labute approximate surface area is 128 Å². The Balaban J connectivity index is 1.79. The molecule has 1 N–H and O–H groups in total. The van der Waals surface area contributed by atoms with Gasteiger partial charge in [-0.05, 0) is 24.1 Å². The van der Waals surface area contributed by atoms with Gasteiger partial charge in [-0.1, -0.05) is 28.1 Å². The first-order chi connectivity index (χ1) is 9.54. The van der Waals surface area contributed by atoms with E-state index in [2.05, 4.69) is 50.9 Å². The van der Waals surface area contributed by atoms with Crippen molar-refractivity contribution < 1.29 is 9.90 Å². The Kier molecular flexibility index (Phi) is 5.57. The molecule has 0 saturated carbocycles. The highest BCUT2D eigenvalue weighted by molar-refractivity contribution is 9.10. The number of rotatable bonds is 5. The van der Waals surface area contributed by atoms with Crippen molar-refractivity contribution in [1.29, 1.82) is 0 Å². The van der Waals surface area contributed by atoms with E-state index in [0.717, 1.165) is 37.2 Å². The van der Waals surface area contributed by atoms with Gasteiger partial charge in [0, 0.05) is 43.7 Å². The van der Waals surface area contributed by atoms with Gasteiger partial charge < -0.3 is 10.0 Å². The Bertz CT molecular complexity index is 471. The summed E-state index contributed by atoms with van der Waals surface area (Å²) in [5.74, 6) is -0.710. The maximum atomic E-state index is 10.6. The molecule has 0 spiro atoms. The molecule has 5 heteroatoms. The summed E-state index contributed by atoms with van der Waals surface area (Å²) < 4.78 is 1.15. The lowest BCUT2D eigenvalue weighted by Crippen LogP contribution is -2.46. The van der Waals surface area contributed by atoms with Crippen molar-refractivity contribution in [3.8, 4) is 0 Å². The third-order valence-corrected chi connectivity index (χ3v) is 4.63. The predicted octanol–water partition coefficient (Wildman–Crippen LogP) is 2.35. The number of hydrogen-bond donors (Lipinski definition) is 1. The standard InChI is InChI=1S/C15H21BrN2O2/c1-12-10-13(2-3-14(12)16)11-18-8-6-17(7-9-18)5-4-15(19)20/h2-3,10H,4-9,11H2,1H3,(H,19,20). The average Bonchev–Trinajstić information content (AvgIpc) is 2.42. The second-order valence-electron chi connectivity index (χ2n) is 5.35. The fourth-order valence-electron chi connectivity index (χ4n) is 2.49. The van der Waals surface area contributed by atoms with Crippen LogP contribution in [0, 0.1) is 6.92 Å². The topological polar surface area (TPSA) is 43.8 Å². The normalized spacial score (nSPS) is 17.3. The highest BCUT2D eigenvalue weighted by Gasteiger charge is 2.17. The van der Waals surface area contributed by atoms with Crippen LogP contribution in [-0.2, 0) is 11.3 Å². The molecule has 2 rings (SSSR count). The minimum absolute atomic E-state index is 0.242. The van der Waals surface area contributed by atoms with Gasteiger partial charge in [0.1, 0.15) is 0 Å². The van der Waals surface area contributed by atoms with Crippen molar-refractivity contribution in [2.45, 2.75) is 19.9 Å². The molecule has 0 atom stereocenters. The van der Waals surface area contributed by atoms with Crippen LogP contribution in [0.2, 0.25) is 0 Å². The van der Waals surface area contributed by atoms with Crippen molar-refractivity contribution in [1.82, 2.24) is 9.80 Å². The molecule has 0 aliphatic carbocycles. The summed E-state index contributed by atoms with van der Waals surface area (Å²) in [5, 5.41) is 8.70. The van der Waals surface area contributed by atoms with Gasteiger partial charge in [-0.3, -0.25) is 9.69 Å². The highest BCUT2D eigenvalue weighted by Crippen LogP contribution is 2.18. The van der Waals surface area contributed by atoms with Crippen LogP contribution in [0.1, 0.15) is 17.5 Å². The van der Waals surface area contributed by atoms with E-state index >= 15 is 0 Å². The number of hydrogen-bond acceptors (Lipinski definition) is 3. The van der Waals surface area contributed by atoms with Gasteiger partial charge in [0.05, 0.1) is 6.42 Å². The smallest absolute Gasteiger partial charge is 0.304 e. The first kappa shape index (κ1) is 15.5. The van der Waals surface area contributed by atoms with Gasteiger partial charge in [0.25, 0.3) is 0 Å². The Morgan fingerprint density at radius 2 is 1.90 bits per heavy atom. The molecule has 20 heavy (non-hydrogen) atoms. The largest absolute Gasteiger partial charge is 0.481 e. The Morgan fingerprint density at radius 3 is 2.50 bits per heavy atom. The molecule has 1 aromatic rings. The van der Waals surface area contributed by atoms with E-state index in [4.69, 9.17) is 5.11 Å². The van der Waals surface area contributed by atoms with Crippen LogP contribution in [0.4, 0.5) is 0 Å². The number of aryl methyl sites for hydroxylation is 1. The van der Waals surface area contributed by atoms with Gasteiger partial charge in [0.2, 0.25) is 0 Å². The minimum Gasteiger partial charge on any atom is -0.481 e. The Hall–Kier alpha value is -0.910. The second-order valence-corrected chi connectivity index (χ2v) is 6.20. The third-order valence-electron chi connectivity index (χ3n) is 3.74. The molecule has 0 aromatic heterocycles. The quantitative estimate of drug-likeness (QED) is 0.893. The zero-order chi connectivity index (χ0) is 14.5. The summed E-state index contributed by atoms with van der Waals surface area (Å²) >= 11 is 3.52. The second kappa shape index (κ2) is 7.20. The van der Waals surface area contributed by atoms with Crippen LogP contribution in [0.15, 0.2) is 22.7 Å². The number of carbonyl (C=O) groups is 1. The van der Waals surface area contributed by atoms with E-state index in [-0.39, 0.29) is 6.42 Å². The first-order valence-electron chi connectivity index (χ1n) is 6.96. The summed E-state index contributed by atoms with van der Waals surface area (Å²) in [4.78, 5) is 15.2. The molecule has 0 radical (unpaired) electrons. The summed E-state index contributed by atoms with van der Waals surface area (Å²) in [6, 6.07) is 6.49. The zero-order valence-electron chi connectivity index (χ0n) is 11.8. The van der Waals surface area contributed by atoms with Crippen molar-refractivity contribution in [2.24, 2.45) is 0 Å². The number of carboxylic acids is 1. The molecule has 1 saturated heterocycles. The van der Waals surface area contributed by atoms with Crippen molar-refractivity contribution in [2.75, 3.05) is 32.7 Å². The number of nitrogens with zero attached hydrogens (tertiary/aromatic N) is 2. The number of carboxylic acid groups (broad SMARTS) is 1. The van der Waals surface area contributed by atoms with Crippen LogP contribution in [-0.4, -0.2) is 53.6 Å². The molecule has 0 amide bonds. The van der Waals surface area contributed by atoms with Crippen molar-refractivity contribution >= 4 is 21.9 Å². The molecule has 4 nitrogen and oxygen atoms in total. The molecule has 1 aliphatic rings. The molecule has 1 fully saturated rings. The number of aliphatic carboxylic acids is 1. The highest BCUT2D eigenvalue weighted by atomic mass is 79.9. The van der Waals surface area contributed by atoms with Crippen LogP contribution in [0.25, 0.3) is 0 Å². The van der Waals surface area contributed by atoms with E-state index in [9.17, 15) is 4.79 Å². The Morgan fingerprint density at radius 1 is 1.25 bits per heavy atom. The average molecular weight is 341 g/mol. The molecular weight excluding hydrogens is 320 g/mol. The minimum atomic E-state index is -0.710. The number of benzene rings is 1. The van der Waals surface area contributed by atoms with Gasteiger partial charge in [0.15, 0.2) is 0 Å². The van der Waals surface area contributed by atoms with E-state index < -0.39 is 5.97 Å². The summed E-state index contributed by atoms with van der Waals surface area (Å²) in [7, 11) is 0. The summed E-state index contributed by atoms with van der Waals surface area (Å²) in [6.07, 6.45) is 0.242. The maximum Gasteiger partial charge on any atom is 0.304 e. The third kappa shape index (κ3) is 4.58. The lowest BCUT2D eigenvalue weighted by Gasteiger charge is -2.34. The summed E-state index contributed by atoms with van der Waals surface area (Å²) in [5.41, 5.74) is 2.60. The maximum absolute atomic E-state index is 10.6. The van der Waals surface area contributed by atoms with Gasteiger partial charge >= 0.3 is 5.97 Å². The van der Waals surface area contributed by atoms with Crippen molar-refractivity contribution in [3.63, 3.8) is 0 Å².